The van der Waals surface area contributed by atoms with Crippen LogP contribution in [0.4, 0.5) is 0 Å². The first-order valence-corrected chi connectivity index (χ1v) is 9.08. The van der Waals surface area contributed by atoms with Crippen molar-refractivity contribution in [2.45, 2.75) is 32.2 Å². The summed E-state index contributed by atoms with van der Waals surface area (Å²) in [4.78, 5) is 0. The molecule has 0 saturated carbocycles. The number of aromatic nitrogens is 2. The van der Waals surface area contributed by atoms with Gasteiger partial charge in [0, 0.05) is 18.7 Å². The van der Waals surface area contributed by atoms with E-state index < -0.39 is 9.84 Å². The van der Waals surface area contributed by atoms with Gasteiger partial charge in [-0.15, -0.1) is 0 Å². The van der Waals surface area contributed by atoms with E-state index in [0.29, 0.717) is 16.7 Å². The standard InChI is InChI=1S/C13H22ClN3O2S/c1-9-12(13(14)17(3)16-9)7-11(15-2)6-10-4-5-20(18,19)8-10/h10-11,15H,4-8H2,1-3H3. The van der Waals surface area contributed by atoms with E-state index in [1.165, 1.54) is 0 Å². The summed E-state index contributed by atoms with van der Waals surface area (Å²) in [5.41, 5.74) is 1.99. The van der Waals surface area contributed by atoms with E-state index in [0.717, 1.165) is 30.5 Å². The molecule has 2 unspecified atom stereocenters. The van der Waals surface area contributed by atoms with Crippen molar-refractivity contribution in [2.75, 3.05) is 18.6 Å². The van der Waals surface area contributed by atoms with Gasteiger partial charge in [0.2, 0.25) is 0 Å². The average molecular weight is 320 g/mol. The maximum atomic E-state index is 11.5. The second kappa shape index (κ2) is 6.03. The molecule has 2 rings (SSSR count). The highest BCUT2D eigenvalue weighted by atomic mass is 35.5. The van der Waals surface area contributed by atoms with Crippen molar-refractivity contribution in [1.82, 2.24) is 15.1 Å². The average Bonchev–Trinajstić information content (AvgIpc) is 2.82. The van der Waals surface area contributed by atoms with Gasteiger partial charge in [0.1, 0.15) is 5.15 Å². The van der Waals surface area contributed by atoms with Crippen LogP contribution < -0.4 is 5.32 Å². The van der Waals surface area contributed by atoms with Crippen LogP contribution in [-0.2, 0) is 23.3 Å². The molecule has 1 N–H and O–H groups in total. The summed E-state index contributed by atoms with van der Waals surface area (Å²) in [7, 11) is 0.936. The van der Waals surface area contributed by atoms with Gasteiger partial charge in [0.15, 0.2) is 9.84 Å². The van der Waals surface area contributed by atoms with E-state index in [1.807, 2.05) is 21.0 Å². The van der Waals surface area contributed by atoms with Crippen LogP contribution in [0.2, 0.25) is 5.15 Å². The number of nitrogens with zero attached hydrogens (tertiary/aromatic N) is 2. The number of nitrogens with one attached hydrogen (secondary N) is 1. The lowest BCUT2D eigenvalue weighted by Gasteiger charge is -2.19. The summed E-state index contributed by atoms with van der Waals surface area (Å²) in [5.74, 6) is 0.916. The van der Waals surface area contributed by atoms with E-state index >= 15 is 0 Å². The summed E-state index contributed by atoms with van der Waals surface area (Å²) >= 11 is 6.25. The van der Waals surface area contributed by atoms with Gasteiger partial charge in [0.25, 0.3) is 0 Å². The molecule has 1 aliphatic rings. The van der Waals surface area contributed by atoms with Crippen molar-refractivity contribution in [3.05, 3.63) is 16.4 Å². The van der Waals surface area contributed by atoms with E-state index in [4.69, 9.17) is 11.6 Å². The molecular weight excluding hydrogens is 298 g/mol. The minimum absolute atomic E-state index is 0.230. The first kappa shape index (κ1) is 15.8. The van der Waals surface area contributed by atoms with Crippen LogP contribution in [0.3, 0.4) is 0 Å². The zero-order valence-electron chi connectivity index (χ0n) is 12.2. The third-order valence-electron chi connectivity index (χ3n) is 4.07. The van der Waals surface area contributed by atoms with Crippen LogP contribution >= 0.6 is 11.6 Å². The quantitative estimate of drug-likeness (QED) is 0.889. The molecule has 1 aromatic heterocycles. The fourth-order valence-electron chi connectivity index (χ4n) is 2.92. The smallest absolute Gasteiger partial charge is 0.150 e. The largest absolute Gasteiger partial charge is 0.317 e. The second-order valence-electron chi connectivity index (χ2n) is 5.67. The molecule has 2 atom stereocenters. The fourth-order valence-corrected chi connectivity index (χ4v) is 5.05. The number of aryl methyl sites for hydroxylation is 2. The number of rotatable bonds is 5. The third-order valence-corrected chi connectivity index (χ3v) is 6.38. The third kappa shape index (κ3) is 3.54. The van der Waals surface area contributed by atoms with Crippen LogP contribution in [0.1, 0.15) is 24.1 Å². The molecule has 0 spiro atoms. The number of hydrogen-bond donors (Lipinski definition) is 1. The highest BCUT2D eigenvalue weighted by Gasteiger charge is 2.30. The highest BCUT2D eigenvalue weighted by molar-refractivity contribution is 7.91. The molecule has 0 radical (unpaired) electrons. The second-order valence-corrected chi connectivity index (χ2v) is 8.26. The van der Waals surface area contributed by atoms with Crippen LogP contribution in [-0.4, -0.2) is 42.8 Å². The van der Waals surface area contributed by atoms with Crippen molar-refractivity contribution in [3.63, 3.8) is 0 Å². The Morgan fingerprint density at radius 2 is 2.25 bits per heavy atom. The summed E-state index contributed by atoms with van der Waals surface area (Å²) in [6.07, 6.45) is 2.42. The Bertz CT molecular complexity index is 583. The first-order valence-electron chi connectivity index (χ1n) is 6.88. The Morgan fingerprint density at radius 1 is 1.55 bits per heavy atom. The van der Waals surface area contributed by atoms with Crippen LogP contribution in [0, 0.1) is 12.8 Å². The summed E-state index contributed by atoms with van der Waals surface area (Å²) < 4.78 is 24.7. The maximum Gasteiger partial charge on any atom is 0.150 e. The molecule has 20 heavy (non-hydrogen) atoms. The van der Waals surface area contributed by atoms with E-state index in [1.54, 1.807) is 4.68 Å². The summed E-state index contributed by atoms with van der Waals surface area (Å²) in [6.45, 7) is 1.95. The molecule has 0 aromatic carbocycles. The monoisotopic (exact) mass is 319 g/mol. The molecule has 1 saturated heterocycles. The van der Waals surface area contributed by atoms with Gasteiger partial charge in [-0.2, -0.15) is 5.10 Å². The number of sulfone groups is 1. The normalized spacial score (nSPS) is 23.1. The molecule has 0 amide bonds. The van der Waals surface area contributed by atoms with Gasteiger partial charge in [-0.25, -0.2) is 8.42 Å². The van der Waals surface area contributed by atoms with Crippen molar-refractivity contribution in [2.24, 2.45) is 13.0 Å². The molecule has 2 heterocycles. The molecule has 7 heteroatoms. The van der Waals surface area contributed by atoms with Crippen molar-refractivity contribution in [1.29, 1.82) is 0 Å². The van der Waals surface area contributed by atoms with Gasteiger partial charge in [-0.1, -0.05) is 11.6 Å². The van der Waals surface area contributed by atoms with Gasteiger partial charge in [0.05, 0.1) is 17.2 Å². The van der Waals surface area contributed by atoms with Gasteiger partial charge in [-0.05, 0) is 39.2 Å². The maximum absolute atomic E-state index is 11.5. The Morgan fingerprint density at radius 3 is 2.70 bits per heavy atom. The van der Waals surface area contributed by atoms with Crippen LogP contribution in [0.25, 0.3) is 0 Å². The molecule has 5 nitrogen and oxygen atoms in total. The number of hydrogen-bond acceptors (Lipinski definition) is 4. The van der Waals surface area contributed by atoms with Gasteiger partial charge >= 0.3 is 0 Å². The molecule has 1 aromatic rings. The summed E-state index contributed by atoms with van der Waals surface area (Å²) in [6, 6.07) is 0.230. The van der Waals surface area contributed by atoms with E-state index in [-0.39, 0.29) is 12.0 Å². The zero-order chi connectivity index (χ0) is 14.9. The topological polar surface area (TPSA) is 64.0 Å². The van der Waals surface area contributed by atoms with Crippen LogP contribution in [0.15, 0.2) is 0 Å². The SMILES string of the molecule is CNC(Cc1c(C)nn(C)c1Cl)CC1CCS(=O)(=O)C1. The fraction of sp³-hybridized carbons (Fsp3) is 0.769. The Hall–Kier alpha value is -0.590. The lowest BCUT2D eigenvalue weighted by molar-refractivity contribution is 0.423. The van der Waals surface area contributed by atoms with Crippen molar-refractivity contribution in [3.8, 4) is 0 Å². The highest BCUT2D eigenvalue weighted by Crippen LogP contribution is 2.26. The van der Waals surface area contributed by atoms with E-state index in [2.05, 4.69) is 10.4 Å². The molecule has 1 aliphatic heterocycles. The predicted octanol–water partition coefficient (Wildman–Crippen LogP) is 1.34. The Kier molecular flexibility index (Phi) is 4.76. The van der Waals surface area contributed by atoms with Gasteiger partial charge < -0.3 is 5.32 Å². The molecular formula is C13H22ClN3O2S. The van der Waals surface area contributed by atoms with Crippen molar-refractivity contribution >= 4 is 21.4 Å². The number of halogens is 1. The molecule has 0 aliphatic carbocycles. The molecule has 1 fully saturated rings. The van der Waals surface area contributed by atoms with Gasteiger partial charge in [-0.3, -0.25) is 4.68 Å². The predicted molar refractivity (Wildman–Crippen MR) is 80.9 cm³/mol. The van der Waals surface area contributed by atoms with Crippen molar-refractivity contribution < 1.29 is 8.42 Å². The van der Waals surface area contributed by atoms with E-state index in [9.17, 15) is 8.42 Å². The Labute approximate surface area is 125 Å². The lowest BCUT2D eigenvalue weighted by Crippen LogP contribution is -2.30. The minimum Gasteiger partial charge on any atom is -0.317 e. The zero-order valence-corrected chi connectivity index (χ0v) is 13.8. The molecule has 0 bridgehead atoms. The summed E-state index contributed by atoms with van der Waals surface area (Å²) in [5, 5.41) is 8.26. The Balaban J connectivity index is 2.03. The minimum atomic E-state index is -2.80. The lowest BCUT2D eigenvalue weighted by atomic mass is 9.95. The number of likely N-dealkylation sites (N-methyl/N-ethyl adjacent to an activating group) is 1. The first-order chi connectivity index (χ1) is 9.32. The van der Waals surface area contributed by atoms with Crippen LogP contribution in [0.5, 0.6) is 0 Å². The molecule has 114 valence electrons.